The fourth-order valence-electron chi connectivity index (χ4n) is 2.51. The topological polar surface area (TPSA) is 92.3 Å². The summed E-state index contributed by atoms with van der Waals surface area (Å²) < 4.78 is 17.4. The van der Waals surface area contributed by atoms with Crippen LogP contribution in [0.1, 0.15) is 22.2 Å². The zero-order valence-corrected chi connectivity index (χ0v) is 16.0. The van der Waals surface area contributed by atoms with Gasteiger partial charge in [0.1, 0.15) is 11.5 Å². The van der Waals surface area contributed by atoms with Gasteiger partial charge in [-0.25, -0.2) is 9.48 Å². The zero-order chi connectivity index (χ0) is 20.2. The van der Waals surface area contributed by atoms with Crippen molar-refractivity contribution < 1.29 is 18.8 Å². The molecule has 0 spiro atoms. The van der Waals surface area contributed by atoms with Crippen molar-refractivity contribution in [1.29, 1.82) is 0 Å². The molecule has 0 unspecified atom stereocenters. The molecule has 0 amide bonds. The smallest absolute Gasteiger partial charge is 0.364 e. The Morgan fingerprint density at radius 3 is 2.59 bits per heavy atom. The first kappa shape index (κ1) is 18.7. The molecule has 0 fully saturated rings. The van der Waals surface area contributed by atoms with E-state index in [2.05, 4.69) is 15.2 Å². The Hall–Kier alpha value is -3.65. The van der Waals surface area contributed by atoms with E-state index in [0.717, 1.165) is 0 Å². The van der Waals surface area contributed by atoms with Crippen molar-refractivity contribution in [1.82, 2.24) is 19.9 Å². The molecule has 9 heteroatoms. The third-order valence-corrected chi connectivity index (χ3v) is 4.18. The van der Waals surface area contributed by atoms with E-state index >= 15 is 0 Å². The van der Waals surface area contributed by atoms with Crippen LogP contribution < -0.4 is 9.47 Å². The highest BCUT2D eigenvalue weighted by Gasteiger charge is 2.14. The minimum absolute atomic E-state index is 0.152. The van der Waals surface area contributed by atoms with E-state index in [1.165, 1.54) is 4.68 Å². The maximum absolute atomic E-state index is 12.4. The standard InChI is InChI=1S/C20H15ClN4O4/c1-13-22-19(29-24-13)12-27-14-6-8-15(9-7-14)28-20(26)17-10-11-25(23-17)18-5-3-2-4-16(18)21/h2-11H,12H2,1H3. The number of hydrogen-bond acceptors (Lipinski definition) is 7. The lowest BCUT2D eigenvalue weighted by molar-refractivity contribution is 0.0728. The van der Waals surface area contributed by atoms with Crippen LogP contribution in [0.15, 0.2) is 65.3 Å². The van der Waals surface area contributed by atoms with Crippen LogP contribution >= 0.6 is 11.6 Å². The number of aryl methyl sites for hydroxylation is 1. The van der Waals surface area contributed by atoms with E-state index in [0.29, 0.717) is 33.9 Å². The minimum atomic E-state index is -0.578. The van der Waals surface area contributed by atoms with Crippen molar-refractivity contribution in [2.45, 2.75) is 13.5 Å². The van der Waals surface area contributed by atoms with Crippen molar-refractivity contribution in [2.24, 2.45) is 0 Å². The predicted molar refractivity (Wildman–Crippen MR) is 103 cm³/mol. The average Bonchev–Trinajstić information content (AvgIpc) is 3.37. The molecule has 0 aliphatic rings. The van der Waals surface area contributed by atoms with Gasteiger partial charge >= 0.3 is 5.97 Å². The minimum Gasteiger partial charge on any atom is -0.484 e. The van der Waals surface area contributed by atoms with Crippen LogP contribution in [0, 0.1) is 6.92 Å². The van der Waals surface area contributed by atoms with Gasteiger partial charge in [-0.15, -0.1) is 0 Å². The molecule has 0 bridgehead atoms. The van der Waals surface area contributed by atoms with Crippen LogP contribution in [0.2, 0.25) is 5.02 Å². The molecule has 0 aliphatic carbocycles. The summed E-state index contributed by atoms with van der Waals surface area (Å²) in [4.78, 5) is 16.4. The van der Waals surface area contributed by atoms with Crippen molar-refractivity contribution >= 4 is 17.6 Å². The number of carbonyl (C=O) groups is 1. The number of hydrogen-bond donors (Lipinski definition) is 0. The Bertz CT molecular complexity index is 1140. The Morgan fingerprint density at radius 1 is 1.10 bits per heavy atom. The normalized spacial score (nSPS) is 10.7. The third kappa shape index (κ3) is 4.44. The van der Waals surface area contributed by atoms with E-state index in [1.54, 1.807) is 55.6 Å². The van der Waals surface area contributed by atoms with Gasteiger partial charge in [-0.2, -0.15) is 10.1 Å². The van der Waals surface area contributed by atoms with Crippen molar-refractivity contribution in [3.8, 4) is 17.2 Å². The number of rotatable bonds is 6. The summed E-state index contributed by atoms with van der Waals surface area (Å²) in [6.07, 6.45) is 1.65. The highest BCUT2D eigenvalue weighted by Crippen LogP contribution is 2.21. The molecular formula is C20H15ClN4O4. The Kier molecular flexibility index (Phi) is 5.26. The largest absolute Gasteiger partial charge is 0.484 e. The molecule has 2 heterocycles. The van der Waals surface area contributed by atoms with Crippen LogP contribution in [0.3, 0.4) is 0 Å². The highest BCUT2D eigenvalue weighted by atomic mass is 35.5. The molecule has 146 valence electrons. The molecule has 0 radical (unpaired) electrons. The molecule has 8 nitrogen and oxygen atoms in total. The first-order valence-corrected chi connectivity index (χ1v) is 9.01. The summed E-state index contributed by atoms with van der Waals surface area (Å²) in [7, 11) is 0. The van der Waals surface area contributed by atoms with Crippen molar-refractivity contribution in [3.05, 3.63) is 83.2 Å². The number of para-hydroxylation sites is 1. The summed E-state index contributed by atoms with van der Waals surface area (Å²) in [5.74, 6) is 1.28. The van der Waals surface area contributed by atoms with Gasteiger partial charge in [0.25, 0.3) is 5.89 Å². The second kappa shape index (κ2) is 8.15. The number of carbonyl (C=O) groups excluding carboxylic acids is 1. The lowest BCUT2D eigenvalue weighted by Crippen LogP contribution is -2.10. The first-order chi connectivity index (χ1) is 14.1. The van der Waals surface area contributed by atoms with Gasteiger partial charge in [-0.05, 0) is 49.4 Å². The third-order valence-electron chi connectivity index (χ3n) is 3.86. The monoisotopic (exact) mass is 410 g/mol. The average molecular weight is 411 g/mol. The lowest BCUT2D eigenvalue weighted by Gasteiger charge is -2.06. The molecular weight excluding hydrogens is 396 g/mol. The fourth-order valence-corrected chi connectivity index (χ4v) is 2.73. The Labute approximate surface area is 170 Å². The number of aromatic nitrogens is 4. The van der Waals surface area contributed by atoms with Crippen LogP contribution in [-0.2, 0) is 6.61 Å². The predicted octanol–water partition coefficient (Wildman–Crippen LogP) is 4.02. The van der Waals surface area contributed by atoms with E-state index in [9.17, 15) is 4.79 Å². The molecule has 29 heavy (non-hydrogen) atoms. The molecule has 0 saturated heterocycles. The molecule has 2 aromatic carbocycles. The molecule has 4 aromatic rings. The SMILES string of the molecule is Cc1noc(COc2ccc(OC(=O)c3ccn(-c4ccccc4Cl)n3)cc2)n1. The molecule has 2 aromatic heterocycles. The summed E-state index contributed by atoms with van der Waals surface area (Å²) >= 11 is 6.16. The molecule has 0 atom stereocenters. The quantitative estimate of drug-likeness (QED) is 0.350. The Balaban J connectivity index is 1.38. The van der Waals surface area contributed by atoms with Gasteiger partial charge in [0, 0.05) is 6.20 Å². The van der Waals surface area contributed by atoms with Gasteiger partial charge in [-0.3, -0.25) is 0 Å². The number of ether oxygens (including phenoxy) is 2. The summed E-state index contributed by atoms with van der Waals surface area (Å²) in [5.41, 5.74) is 0.836. The van der Waals surface area contributed by atoms with E-state index < -0.39 is 5.97 Å². The fraction of sp³-hybridized carbons (Fsp3) is 0.100. The van der Waals surface area contributed by atoms with E-state index in [4.69, 9.17) is 25.6 Å². The lowest BCUT2D eigenvalue weighted by atomic mass is 10.3. The van der Waals surface area contributed by atoms with Gasteiger partial charge < -0.3 is 14.0 Å². The number of halogens is 1. The number of nitrogens with zero attached hydrogens (tertiary/aromatic N) is 4. The van der Waals surface area contributed by atoms with Crippen LogP contribution in [-0.4, -0.2) is 25.9 Å². The van der Waals surface area contributed by atoms with Crippen LogP contribution in [0.5, 0.6) is 11.5 Å². The second-order valence-electron chi connectivity index (χ2n) is 5.98. The maximum Gasteiger partial charge on any atom is 0.364 e. The van der Waals surface area contributed by atoms with Crippen molar-refractivity contribution in [3.63, 3.8) is 0 Å². The molecule has 0 N–H and O–H groups in total. The van der Waals surface area contributed by atoms with E-state index in [1.807, 2.05) is 12.1 Å². The molecule has 0 aliphatic heterocycles. The number of benzene rings is 2. The summed E-state index contributed by atoms with van der Waals surface area (Å²) in [5, 5.41) is 8.45. The van der Waals surface area contributed by atoms with Gasteiger partial charge in [0.2, 0.25) is 0 Å². The number of esters is 1. The van der Waals surface area contributed by atoms with Gasteiger partial charge in [-0.1, -0.05) is 28.9 Å². The maximum atomic E-state index is 12.4. The van der Waals surface area contributed by atoms with Crippen LogP contribution in [0.25, 0.3) is 5.69 Å². The van der Waals surface area contributed by atoms with Gasteiger partial charge in [0.15, 0.2) is 18.1 Å². The summed E-state index contributed by atoms with van der Waals surface area (Å²) in [6.45, 7) is 1.88. The first-order valence-electron chi connectivity index (χ1n) is 8.63. The van der Waals surface area contributed by atoms with E-state index in [-0.39, 0.29) is 12.3 Å². The van der Waals surface area contributed by atoms with Crippen molar-refractivity contribution in [2.75, 3.05) is 0 Å². The van der Waals surface area contributed by atoms with Gasteiger partial charge in [0.05, 0.1) is 10.7 Å². The molecule has 4 rings (SSSR count). The van der Waals surface area contributed by atoms with Crippen LogP contribution in [0.4, 0.5) is 0 Å². The second-order valence-corrected chi connectivity index (χ2v) is 6.39. The zero-order valence-electron chi connectivity index (χ0n) is 15.3. The highest BCUT2D eigenvalue weighted by molar-refractivity contribution is 6.32. The molecule has 0 saturated carbocycles. The Morgan fingerprint density at radius 2 is 1.86 bits per heavy atom. The summed E-state index contributed by atoms with van der Waals surface area (Å²) in [6, 6.07) is 15.4.